The Kier molecular flexibility index (Phi) is 5.61. The molecule has 1 aromatic heterocycles. The fraction of sp³-hybridized carbons (Fsp3) is 0.455. The first-order valence-electron chi connectivity index (χ1n) is 5.40. The highest BCUT2D eigenvalue weighted by Gasteiger charge is 2.30. The molecule has 8 heteroatoms. The molecule has 0 saturated carbocycles. The quantitative estimate of drug-likeness (QED) is 0.811. The van der Waals surface area contributed by atoms with Gasteiger partial charge < -0.3 is 10.4 Å². The number of carbonyl (C=O) groups excluding carboxylic acids is 1. The van der Waals surface area contributed by atoms with E-state index in [9.17, 15) is 18.0 Å². The number of carbonyl (C=O) groups is 1. The topological polar surface area (TPSA) is 62.2 Å². The maximum atomic E-state index is 12.3. The third-order valence-corrected chi connectivity index (χ3v) is 2.95. The summed E-state index contributed by atoms with van der Waals surface area (Å²) in [5.74, 6) is -0.280. The Hall–Kier alpha value is -1.28. The lowest BCUT2D eigenvalue weighted by atomic mass is 10.3. The van der Waals surface area contributed by atoms with Gasteiger partial charge in [0.15, 0.2) is 0 Å². The number of hydrogen-bond donors (Lipinski definition) is 2. The second kappa shape index (κ2) is 6.76. The number of nitrogens with one attached hydrogen (secondary N) is 1. The Balaban J connectivity index is 2.44. The molecule has 2 N–H and O–H groups in total. The molecule has 0 spiro atoms. The molecular formula is C11H13F3N2O2S. The number of nitrogens with zero attached hydrogens (tertiary/aromatic N) is 1. The minimum Gasteiger partial charge on any atom is -0.392 e. The summed E-state index contributed by atoms with van der Waals surface area (Å²) in [5, 5.41) is 11.8. The Bertz CT molecular complexity index is 421. The molecule has 4 nitrogen and oxygen atoms in total. The lowest BCUT2D eigenvalue weighted by molar-refractivity contribution is -0.137. The molecule has 0 fully saturated rings. The van der Waals surface area contributed by atoms with Crippen molar-refractivity contribution in [2.24, 2.45) is 0 Å². The van der Waals surface area contributed by atoms with Gasteiger partial charge in [-0.15, -0.1) is 0 Å². The number of amides is 1. The van der Waals surface area contributed by atoms with E-state index >= 15 is 0 Å². The van der Waals surface area contributed by atoms with Crippen LogP contribution in [0.25, 0.3) is 0 Å². The summed E-state index contributed by atoms with van der Waals surface area (Å²) in [7, 11) is 0. The van der Waals surface area contributed by atoms with E-state index in [1.807, 2.05) is 0 Å². The summed E-state index contributed by atoms with van der Waals surface area (Å²) >= 11 is 1.03. The lowest BCUT2D eigenvalue weighted by Gasteiger charge is -2.08. The van der Waals surface area contributed by atoms with Crippen LogP contribution in [0, 0.1) is 0 Å². The Morgan fingerprint density at radius 1 is 1.53 bits per heavy atom. The first-order valence-corrected chi connectivity index (χ1v) is 6.38. The fourth-order valence-electron chi connectivity index (χ4n) is 1.09. The molecule has 1 atom stereocenters. The average Bonchev–Trinajstić information content (AvgIpc) is 2.33. The first kappa shape index (κ1) is 15.8. The second-order valence-corrected chi connectivity index (χ2v) is 4.82. The van der Waals surface area contributed by atoms with Crippen molar-refractivity contribution >= 4 is 17.7 Å². The van der Waals surface area contributed by atoms with E-state index in [1.54, 1.807) is 0 Å². The predicted octanol–water partition coefficient (Wildman–Crippen LogP) is 1.69. The smallest absolute Gasteiger partial charge is 0.392 e. The minimum absolute atomic E-state index is 0.0328. The summed E-state index contributed by atoms with van der Waals surface area (Å²) in [6, 6.07) is 2.14. The first-order chi connectivity index (χ1) is 8.79. The van der Waals surface area contributed by atoms with Crippen molar-refractivity contribution in [2.75, 3.05) is 12.3 Å². The molecule has 1 amide bonds. The van der Waals surface area contributed by atoms with E-state index in [4.69, 9.17) is 5.11 Å². The Morgan fingerprint density at radius 3 is 2.68 bits per heavy atom. The van der Waals surface area contributed by atoms with Crippen LogP contribution in [0.2, 0.25) is 0 Å². The molecule has 106 valence electrons. The predicted molar refractivity (Wildman–Crippen MR) is 64.7 cm³/mol. The van der Waals surface area contributed by atoms with Crippen molar-refractivity contribution < 1.29 is 23.1 Å². The molecule has 0 aliphatic carbocycles. The second-order valence-electron chi connectivity index (χ2n) is 3.82. The van der Waals surface area contributed by atoms with Crippen LogP contribution in [-0.4, -0.2) is 34.4 Å². The third kappa shape index (κ3) is 5.93. The molecular weight excluding hydrogens is 281 g/mol. The summed E-state index contributed by atoms with van der Waals surface area (Å²) in [6.45, 7) is 1.67. The molecule has 0 radical (unpaired) electrons. The zero-order valence-electron chi connectivity index (χ0n) is 10.1. The lowest BCUT2D eigenvalue weighted by Crippen LogP contribution is -2.31. The van der Waals surface area contributed by atoms with Crippen LogP contribution in [0.4, 0.5) is 13.2 Å². The standard InChI is InChI=1S/C11H13F3N2O2S/c1-7(17)4-15-9(18)6-19-10-3-2-8(5-16-10)11(12,13)14/h2-3,5,7,17H,4,6H2,1H3,(H,15,18). The summed E-state index contributed by atoms with van der Waals surface area (Å²) in [4.78, 5) is 14.9. The highest BCUT2D eigenvalue weighted by molar-refractivity contribution is 7.99. The van der Waals surface area contributed by atoms with Gasteiger partial charge in [0.25, 0.3) is 0 Å². The van der Waals surface area contributed by atoms with E-state index in [0.29, 0.717) is 5.03 Å². The van der Waals surface area contributed by atoms with Gasteiger partial charge in [0.1, 0.15) is 0 Å². The summed E-state index contributed by atoms with van der Waals surface area (Å²) in [5.41, 5.74) is -0.824. The van der Waals surface area contributed by atoms with Crippen LogP contribution in [0.3, 0.4) is 0 Å². The normalized spacial score (nSPS) is 13.1. The minimum atomic E-state index is -4.41. The van der Waals surface area contributed by atoms with Crippen molar-refractivity contribution in [2.45, 2.75) is 24.2 Å². The van der Waals surface area contributed by atoms with Gasteiger partial charge in [-0.05, 0) is 19.1 Å². The number of hydrogen-bond acceptors (Lipinski definition) is 4. The van der Waals surface area contributed by atoms with Crippen LogP contribution in [-0.2, 0) is 11.0 Å². The van der Waals surface area contributed by atoms with Gasteiger partial charge in [-0.25, -0.2) is 4.98 Å². The van der Waals surface area contributed by atoms with E-state index < -0.39 is 17.8 Å². The van der Waals surface area contributed by atoms with E-state index in [1.165, 1.54) is 13.0 Å². The number of thioether (sulfide) groups is 1. The number of aliphatic hydroxyl groups is 1. The van der Waals surface area contributed by atoms with E-state index in [0.717, 1.165) is 24.0 Å². The van der Waals surface area contributed by atoms with Crippen molar-refractivity contribution in [3.05, 3.63) is 23.9 Å². The van der Waals surface area contributed by atoms with Gasteiger partial charge >= 0.3 is 6.18 Å². The number of halogens is 3. The number of rotatable bonds is 5. The van der Waals surface area contributed by atoms with Crippen LogP contribution < -0.4 is 5.32 Å². The zero-order chi connectivity index (χ0) is 14.5. The molecule has 1 aromatic rings. The number of aliphatic hydroxyl groups excluding tert-OH is 1. The summed E-state index contributed by atoms with van der Waals surface area (Å²) < 4.78 is 36.8. The maximum Gasteiger partial charge on any atom is 0.417 e. The molecule has 0 aromatic carbocycles. The van der Waals surface area contributed by atoms with Crippen molar-refractivity contribution in [1.82, 2.24) is 10.3 Å². The van der Waals surface area contributed by atoms with Crippen LogP contribution in [0.5, 0.6) is 0 Å². The van der Waals surface area contributed by atoms with Gasteiger partial charge in [-0.1, -0.05) is 11.8 Å². The highest BCUT2D eigenvalue weighted by Crippen LogP contribution is 2.29. The molecule has 0 aliphatic rings. The van der Waals surface area contributed by atoms with Crippen LogP contribution in [0.1, 0.15) is 12.5 Å². The molecule has 1 rings (SSSR count). The third-order valence-electron chi connectivity index (χ3n) is 2.01. The van der Waals surface area contributed by atoms with Gasteiger partial charge in [-0.3, -0.25) is 4.79 Å². The number of alkyl halides is 3. The van der Waals surface area contributed by atoms with Crippen molar-refractivity contribution in [3.8, 4) is 0 Å². The summed E-state index contributed by atoms with van der Waals surface area (Å²) in [6.07, 6.45) is -4.32. The van der Waals surface area contributed by atoms with E-state index in [-0.39, 0.29) is 18.2 Å². The largest absolute Gasteiger partial charge is 0.417 e. The highest BCUT2D eigenvalue weighted by atomic mass is 32.2. The molecule has 19 heavy (non-hydrogen) atoms. The molecule has 1 unspecified atom stereocenters. The molecule has 0 bridgehead atoms. The van der Waals surface area contributed by atoms with Gasteiger partial charge in [0.05, 0.1) is 22.4 Å². The van der Waals surface area contributed by atoms with Gasteiger partial charge in [0, 0.05) is 12.7 Å². The van der Waals surface area contributed by atoms with Gasteiger partial charge in [0.2, 0.25) is 5.91 Å². The number of aromatic nitrogens is 1. The monoisotopic (exact) mass is 294 g/mol. The number of pyridine rings is 1. The van der Waals surface area contributed by atoms with Gasteiger partial charge in [-0.2, -0.15) is 13.2 Å². The molecule has 0 saturated heterocycles. The van der Waals surface area contributed by atoms with Crippen molar-refractivity contribution in [3.63, 3.8) is 0 Å². The Morgan fingerprint density at radius 2 is 2.21 bits per heavy atom. The zero-order valence-corrected chi connectivity index (χ0v) is 10.9. The van der Waals surface area contributed by atoms with Crippen LogP contribution in [0.15, 0.2) is 23.4 Å². The Labute approximate surface area is 112 Å². The average molecular weight is 294 g/mol. The van der Waals surface area contributed by atoms with Crippen molar-refractivity contribution in [1.29, 1.82) is 0 Å². The van der Waals surface area contributed by atoms with E-state index in [2.05, 4.69) is 10.3 Å². The molecule has 1 heterocycles. The SMILES string of the molecule is CC(O)CNC(=O)CSc1ccc(C(F)(F)F)cn1. The van der Waals surface area contributed by atoms with Crippen LogP contribution >= 0.6 is 11.8 Å². The fourth-order valence-corrected chi connectivity index (χ4v) is 1.76. The maximum absolute atomic E-state index is 12.3. The molecule has 0 aliphatic heterocycles.